The Hall–Kier alpha value is -4.03. The topological polar surface area (TPSA) is 120 Å². The van der Waals surface area contributed by atoms with Gasteiger partial charge in [-0.1, -0.05) is 12.1 Å². The van der Waals surface area contributed by atoms with E-state index in [9.17, 15) is 9.00 Å². The summed E-state index contributed by atoms with van der Waals surface area (Å²) < 4.78 is 25.4. The van der Waals surface area contributed by atoms with Gasteiger partial charge in [-0.05, 0) is 62.7 Å². The van der Waals surface area contributed by atoms with E-state index in [-0.39, 0.29) is 12.1 Å². The zero-order valence-electron chi connectivity index (χ0n) is 23.4. The second-order valence-electron chi connectivity index (χ2n) is 10.3. The number of likely N-dealkylation sites (N-methyl/N-ethyl adjacent to an activating group) is 1. The Labute approximate surface area is 233 Å². The molecule has 1 aliphatic rings. The minimum absolute atomic E-state index is 0.231. The molecule has 0 aliphatic heterocycles. The van der Waals surface area contributed by atoms with Crippen LogP contribution in [0.2, 0.25) is 0 Å². The van der Waals surface area contributed by atoms with Gasteiger partial charge in [-0.2, -0.15) is 9.35 Å². The summed E-state index contributed by atoms with van der Waals surface area (Å²) in [6, 6.07) is 9.72. The number of ether oxygens (including phenoxy) is 1. The molecule has 4 aromatic rings. The maximum absolute atomic E-state index is 13.3. The van der Waals surface area contributed by atoms with Gasteiger partial charge in [-0.3, -0.25) is 4.79 Å². The lowest BCUT2D eigenvalue weighted by molar-refractivity contribution is 0.264. The number of allylic oxidation sites excluding steroid dienone is 1. The maximum atomic E-state index is 13.3. The predicted molar refractivity (Wildman–Crippen MR) is 159 cm³/mol. The number of pyridine rings is 1. The van der Waals surface area contributed by atoms with Crippen LogP contribution < -0.4 is 15.6 Å². The molecule has 0 radical (unpaired) electrons. The molecule has 5 rings (SSSR count). The molecule has 1 atom stereocenters. The molecular formula is C28H34N8O3S. The molecule has 0 saturated carbocycles. The summed E-state index contributed by atoms with van der Waals surface area (Å²) in [6.45, 7) is 4.03. The first kappa shape index (κ1) is 27.5. The van der Waals surface area contributed by atoms with E-state index in [2.05, 4.69) is 51.3 Å². The Morgan fingerprint density at radius 1 is 1.27 bits per heavy atom. The molecular weight excluding hydrogens is 528 g/mol. The number of nitrogens with one attached hydrogen (secondary N) is 1. The smallest absolute Gasteiger partial charge is 0.278 e. The third kappa shape index (κ3) is 5.50. The van der Waals surface area contributed by atoms with Crippen molar-refractivity contribution in [3.63, 3.8) is 0 Å². The van der Waals surface area contributed by atoms with Crippen LogP contribution in [-0.4, -0.2) is 73.2 Å². The fourth-order valence-electron chi connectivity index (χ4n) is 5.06. The highest BCUT2D eigenvalue weighted by Crippen LogP contribution is 2.35. The van der Waals surface area contributed by atoms with Crippen LogP contribution in [0.5, 0.6) is 5.75 Å². The third-order valence-electron chi connectivity index (χ3n) is 6.92. The lowest BCUT2D eigenvalue weighted by Gasteiger charge is -2.31. The van der Waals surface area contributed by atoms with Gasteiger partial charge in [0.25, 0.3) is 5.56 Å². The molecule has 0 bridgehead atoms. The Balaban J connectivity index is 1.59. The van der Waals surface area contributed by atoms with Crippen LogP contribution in [0.3, 0.4) is 0 Å². The standard InChI is InChI=1S/C28H34N8O3S/c1-7-13-35-27(37)22-17-29-28(32-26(22)36(35)25-10-8-9-24(31-25)33-40(5,6)38)30-19-14-18-11-12-20(34(2)3)16-21(18)23(15-19)39-4/h7-10,14-15,17,20H,1,11-13,16H2,2-6H3,(H,29,30,32). The van der Waals surface area contributed by atoms with Crippen LogP contribution in [0.15, 0.2) is 58.3 Å². The Morgan fingerprint density at radius 3 is 2.77 bits per heavy atom. The van der Waals surface area contributed by atoms with Crippen molar-refractivity contribution in [2.75, 3.05) is 39.0 Å². The fourth-order valence-corrected chi connectivity index (χ4v) is 5.61. The van der Waals surface area contributed by atoms with E-state index < -0.39 is 9.73 Å². The molecule has 0 fully saturated rings. The van der Waals surface area contributed by atoms with E-state index in [4.69, 9.17) is 9.72 Å². The molecule has 0 saturated heterocycles. The lowest BCUT2D eigenvalue weighted by Crippen LogP contribution is -2.33. The molecule has 210 valence electrons. The molecule has 12 heteroatoms. The zero-order chi connectivity index (χ0) is 28.6. The van der Waals surface area contributed by atoms with Gasteiger partial charge in [0.05, 0.1) is 13.7 Å². The van der Waals surface area contributed by atoms with E-state index in [1.54, 1.807) is 48.6 Å². The Kier molecular flexibility index (Phi) is 7.47. The van der Waals surface area contributed by atoms with Crippen LogP contribution in [0.25, 0.3) is 16.9 Å². The molecule has 0 spiro atoms. The van der Waals surface area contributed by atoms with Crippen molar-refractivity contribution in [2.24, 2.45) is 4.36 Å². The minimum atomic E-state index is -2.42. The summed E-state index contributed by atoms with van der Waals surface area (Å²) in [5.74, 6) is 1.87. The van der Waals surface area contributed by atoms with Gasteiger partial charge >= 0.3 is 0 Å². The van der Waals surface area contributed by atoms with Crippen molar-refractivity contribution in [1.29, 1.82) is 0 Å². The number of aryl methyl sites for hydroxylation is 1. The molecule has 40 heavy (non-hydrogen) atoms. The van der Waals surface area contributed by atoms with Crippen LogP contribution in [-0.2, 0) is 29.1 Å². The summed E-state index contributed by atoms with van der Waals surface area (Å²) in [4.78, 5) is 29.3. The van der Waals surface area contributed by atoms with Gasteiger partial charge in [-0.25, -0.2) is 23.5 Å². The highest BCUT2D eigenvalue weighted by atomic mass is 32.2. The molecule has 3 heterocycles. The average molecular weight is 563 g/mol. The SMILES string of the molecule is C=CCn1c(=O)c2cnc(Nc3cc4c(c(OC)c3)CC(N(C)C)CC4)nc2n1-c1cccc(N=S(C)(C)=O)n1. The number of fused-ring (bicyclic) bond motifs is 2. The summed E-state index contributed by atoms with van der Waals surface area (Å²) >= 11 is 0. The van der Waals surface area contributed by atoms with Gasteiger partial charge in [0.2, 0.25) is 5.95 Å². The second kappa shape index (κ2) is 10.9. The van der Waals surface area contributed by atoms with Gasteiger partial charge in [-0.15, -0.1) is 6.58 Å². The van der Waals surface area contributed by atoms with Gasteiger partial charge in [0.1, 0.15) is 11.1 Å². The van der Waals surface area contributed by atoms with Crippen LogP contribution >= 0.6 is 0 Å². The lowest BCUT2D eigenvalue weighted by atomic mass is 9.86. The minimum Gasteiger partial charge on any atom is -0.496 e. The van der Waals surface area contributed by atoms with Crippen molar-refractivity contribution < 1.29 is 8.95 Å². The van der Waals surface area contributed by atoms with Gasteiger partial charge < -0.3 is 15.0 Å². The van der Waals surface area contributed by atoms with Crippen molar-refractivity contribution in [3.8, 4) is 11.6 Å². The number of hydrogen-bond donors (Lipinski definition) is 1. The van der Waals surface area contributed by atoms with E-state index in [0.29, 0.717) is 34.7 Å². The molecule has 1 N–H and O–H groups in total. The normalized spacial score (nSPS) is 15.2. The zero-order valence-corrected chi connectivity index (χ0v) is 24.2. The van der Waals surface area contributed by atoms with Crippen LogP contribution in [0, 0.1) is 0 Å². The van der Waals surface area contributed by atoms with E-state index in [1.165, 1.54) is 22.0 Å². The highest BCUT2D eigenvalue weighted by Gasteiger charge is 2.24. The van der Waals surface area contributed by atoms with Crippen molar-refractivity contribution in [2.45, 2.75) is 31.8 Å². The monoisotopic (exact) mass is 562 g/mol. The molecule has 3 aromatic heterocycles. The van der Waals surface area contributed by atoms with Gasteiger partial charge in [0, 0.05) is 46.2 Å². The number of methoxy groups -OCH3 is 1. The summed E-state index contributed by atoms with van der Waals surface area (Å²) in [5.41, 5.74) is 3.37. The average Bonchev–Trinajstić information content (AvgIpc) is 3.17. The third-order valence-corrected chi connectivity index (χ3v) is 7.55. The van der Waals surface area contributed by atoms with Crippen molar-refractivity contribution in [1.82, 2.24) is 29.2 Å². The second-order valence-corrected chi connectivity index (χ2v) is 12.9. The first-order valence-electron chi connectivity index (χ1n) is 12.9. The molecule has 11 nitrogen and oxygen atoms in total. The largest absolute Gasteiger partial charge is 0.496 e. The van der Waals surface area contributed by atoms with Crippen molar-refractivity contribution >= 4 is 38.2 Å². The first-order chi connectivity index (χ1) is 19.1. The number of benzene rings is 1. The fraction of sp³-hybridized carbons (Fsp3) is 0.357. The van der Waals surface area contributed by atoms with E-state index in [0.717, 1.165) is 30.7 Å². The molecule has 1 aromatic carbocycles. The molecule has 1 aliphatic carbocycles. The van der Waals surface area contributed by atoms with Crippen molar-refractivity contribution in [3.05, 3.63) is 70.7 Å². The number of aromatic nitrogens is 5. The highest BCUT2D eigenvalue weighted by molar-refractivity contribution is 7.92. The van der Waals surface area contributed by atoms with Gasteiger partial charge in [0.15, 0.2) is 17.3 Å². The predicted octanol–water partition coefficient (Wildman–Crippen LogP) is 3.69. The summed E-state index contributed by atoms with van der Waals surface area (Å²) in [7, 11) is 3.48. The summed E-state index contributed by atoms with van der Waals surface area (Å²) in [5, 5.41) is 3.64. The first-order valence-corrected chi connectivity index (χ1v) is 15.3. The molecule has 1 unspecified atom stereocenters. The summed E-state index contributed by atoms with van der Waals surface area (Å²) in [6.07, 6.45) is 9.18. The van der Waals surface area contributed by atoms with E-state index >= 15 is 0 Å². The number of anilines is 2. The van der Waals surface area contributed by atoms with Crippen LogP contribution in [0.4, 0.5) is 17.5 Å². The molecule has 0 amide bonds. The number of rotatable bonds is 8. The number of nitrogens with zero attached hydrogens (tertiary/aromatic N) is 7. The maximum Gasteiger partial charge on any atom is 0.278 e. The Morgan fingerprint density at radius 2 is 2.08 bits per heavy atom. The van der Waals surface area contributed by atoms with Crippen LogP contribution in [0.1, 0.15) is 17.5 Å². The van der Waals surface area contributed by atoms with E-state index in [1.807, 2.05) is 6.07 Å². The number of hydrogen-bond acceptors (Lipinski definition) is 9. The Bertz CT molecular complexity index is 1760. The quantitative estimate of drug-likeness (QED) is 0.323.